The van der Waals surface area contributed by atoms with Gasteiger partial charge in [-0.3, -0.25) is 9.59 Å². The summed E-state index contributed by atoms with van der Waals surface area (Å²) in [6.45, 7) is 0.698. The minimum absolute atomic E-state index is 0.113. The Morgan fingerprint density at radius 2 is 1.60 bits per heavy atom. The maximum atomic E-state index is 12.1. The molecule has 0 bridgehead atoms. The molecular formula is C24H23N3O3. The summed E-state index contributed by atoms with van der Waals surface area (Å²) in [4.78, 5) is 26.2. The third-order valence-electron chi connectivity index (χ3n) is 4.91. The van der Waals surface area contributed by atoms with Crippen molar-refractivity contribution in [3.63, 3.8) is 0 Å². The van der Waals surface area contributed by atoms with Gasteiger partial charge in [-0.1, -0.05) is 36.4 Å². The molecule has 3 aromatic rings. The van der Waals surface area contributed by atoms with Crippen LogP contribution >= 0.6 is 0 Å². The van der Waals surface area contributed by atoms with Gasteiger partial charge < -0.3 is 20.3 Å². The number of hydrogen-bond acceptors (Lipinski definition) is 4. The van der Waals surface area contributed by atoms with Crippen molar-refractivity contribution in [2.45, 2.75) is 6.42 Å². The molecule has 0 saturated carbocycles. The summed E-state index contributed by atoms with van der Waals surface area (Å²) in [6.07, 6.45) is 1.03. The summed E-state index contributed by atoms with van der Waals surface area (Å²) in [7, 11) is 0. The van der Waals surface area contributed by atoms with Gasteiger partial charge in [0.2, 0.25) is 5.91 Å². The van der Waals surface area contributed by atoms with E-state index >= 15 is 0 Å². The van der Waals surface area contributed by atoms with E-state index in [9.17, 15) is 9.59 Å². The normalized spacial score (nSPS) is 12.2. The monoisotopic (exact) mass is 401 g/mol. The zero-order valence-electron chi connectivity index (χ0n) is 16.5. The molecule has 0 atom stereocenters. The predicted octanol–water partition coefficient (Wildman–Crippen LogP) is 3.51. The molecule has 1 heterocycles. The molecule has 2 amide bonds. The third kappa shape index (κ3) is 4.78. The van der Waals surface area contributed by atoms with Gasteiger partial charge in [0.1, 0.15) is 5.75 Å². The number of carbonyl (C=O) groups is 2. The molecule has 152 valence electrons. The molecular weight excluding hydrogens is 378 g/mol. The topological polar surface area (TPSA) is 70.7 Å². The smallest absolute Gasteiger partial charge is 0.258 e. The van der Waals surface area contributed by atoms with Crippen LogP contribution in [0.2, 0.25) is 0 Å². The number of amides is 2. The van der Waals surface area contributed by atoms with Crippen molar-refractivity contribution in [2.75, 3.05) is 29.9 Å². The molecule has 2 N–H and O–H groups in total. The maximum absolute atomic E-state index is 12.1. The maximum Gasteiger partial charge on any atom is 0.258 e. The largest absolute Gasteiger partial charge is 0.484 e. The van der Waals surface area contributed by atoms with Crippen molar-refractivity contribution in [3.8, 4) is 5.75 Å². The zero-order chi connectivity index (χ0) is 20.8. The van der Waals surface area contributed by atoms with Crippen LogP contribution in [0.5, 0.6) is 5.75 Å². The average molecular weight is 401 g/mol. The van der Waals surface area contributed by atoms with E-state index in [4.69, 9.17) is 4.74 Å². The van der Waals surface area contributed by atoms with Crippen LogP contribution in [0.1, 0.15) is 5.56 Å². The van der Waals surface area contributed by atoms with Crippen molar-refractivity contribution in [3.05, 3.63) is 84.4 Å². The standard InChI is InChI=1S/C24H23N3O3/c28-23(16-25-24(29)17-30-21-7-2-1-3-8-21)26-19-10-12-20(13-11-19)27-15-14-18-6-4-5-9-22(18)27/h1-13H,14-17H2,(H,25,29)(H,26,28). The van der Waals surface area contributed by atoms with E-state index < -0.39 is 0 Å². The lowest BCUT2D eigenvalue weighted by Gasteiger charge is -2.20. The molecule has 30 heavy (non-hydrogen) atoms. The number of ether oxygens (including phenoxy) is 1. The number of nitrogens with one attached hydrogen (secondary N) is 2. The van der Waals surface area contributed by atoms with Crippen molar-refractivity contribution >= 4 is 28.9 Å². The highest BCUT2D eigenvalue weighted by Crippen LogP contribution is 2.34. The van der Waals surface area contributed by atoms with Crippen LogP contribution in [0.3, 0.4) is 0 Å². The molecule has 0 unspecified atom stereocenters. The molecule has 6 heteroatoms. The van der Waals surface area contributed by atoms with Crippen LogP contribution in [-0.2, 0) is 16.0 Å². The molecule has 1 aliphatic heterocycles. The van der Waals surface area contributed by atoms with E-state index in [0.29, 0.717) is 11.4 Å². The fourth-order valence-corrected chi connectivity index (χ4v) is 3.43. The van der Waals surface area contributed by atoms with Gasteiger partial charge in [0.25, 0.3) is 5.91 Å². The summed E-state index contributed by atoms with van der Waals surface area (Å²) in [5.41, 5.74) is 4.35. The molecule has 0 saturated heterocycles. The summed E-state index contributed by atoms with van der Waals surface area (Å²) in [6, 6.07) is 25.2. The second-order valence-electron chi connectivity index (χ2n) is 7.00. The Labute approximate surface area is 175 Å². The highest BCUT2D eigenvalue weighted by molar-refractivity contribution is 5.94. The highest BCUT2D eigenvalue weighted by atomic mass is 16.5. The number of para-hydroxylation sites is 2. The number of rotatable bonds is 7. The Morgan fingerprint density at radius 3 is 2.40 bits per heavy atom. The molecule has 1 aliphatic rings. The first-order valence-corrected chi connectivity index (χ1v) is 9.89. The lowest BCUT2D eigenvalue weighted by molar-refractivity contribution is -0.125. The summed E-state index contributed by atoms with van der Waals surface area (Å²) < 4.78 is 5.36. The second-order valence-corrected chi connectivity index (χ2v) is 7.00. The van der Waals surface area contributed by atoms with Gasteiger partial charge in [0.05, 0.1) is 6.54 Å². The van der Waals surface area contributed by atoms with E-state index in [0.717, 1.165) is 18.7 Å². The quantitative estimate of drug-likeness (QED) is 0.636. The fourth-order valence-electron chi connectivity index (χ4n) is 3.43. The molecule has 0 aromatic heterocycles. The molecule has 6 nitrogen and oxygen atoms in total. The zero-order valence-corrected chi connectivity index (χ0v) is 16.5. The SMILES string of the molecule is O=C(COc1ccccc1)NCC(=O)Nc1ccc(N2CCc3ccccc32)cc1. The number of anilines is 3. The number of fused-ring (bicyclic) bond motifs is 1. The van der Waals surface area contributed by atoms with Crippen molar-refractivity contribution in [1.29, 1.82) is 0 Å². The highest BCUT2D eigenvalue weighted by Gasteiger charge is 2.19. The first kappa shape index (κ1) is 19.5. The van der Waals surface area contributed by atoms with E-state index in [1.54, 1.807) is 12.1 Å². The molecule has 0 fully saturated rings. The predicted molar refractivity (Wildman–Crippen MR) is 117 cm³/mol. The van der Waals surface area contributed by atoms with E-state index in [1.807, 2.05) is 48.5 Å². The van der Waals surface area contributed by atoms with E-state index in [2.05, 4.69) is 33.7 Å². The Kier molecular flexibility index (Phi) is 5.94. The average Bonchev–Trinajstić information content (AvgIpc) is 3.22. The van der Waals surface area contributed by atoms with Gasteiger partial charge in [0, 0.05) is 23.6 Å². The number of hydrogen-bond donors (Lipinski definition) is 2. The fraction of sp³-hybridized carbons (Fsp3) is 0.167. The van der Waals surface area contributed by atoms with Crippen LogP contribution in [0.15, 0.2) is 78.9 Å². The number of carbonyl (C=O) groups excluding carboxylic acids is 2. The van der Waals surface area contributed by atoms with Gasteiger partial charge >= 0.3 is 0 Å². The van der Waals surface area contributed by atoms with Crippen LogP contribution in [0, 0.1) is 0 Å². The minimum Gasteiger partial charge on any atom is -0.484 e. The minimum atomic E-state index is -0.350. The number of nitrogens with zero attached hydrogens (tertiary/aromatic N) is 1. The molecule has 4 rings (SSSR count). The Morgan fingerprint density at radius 1 is 0.867 bits per heavy atom. The molecule has 0 spiro atoms. The number of benzene rings is 3. The Hall–Kier alpha value is -3.80. The Bertz CT molecular complexity index is 1020. The van der Waals surface area contributed by atoms with Gasteiger partial charge in [-0.2, -0.15) is 0 Å². The van der Waals surface area contributed by atoms with Crippen molar-refractivity contribution in [2.24, 2.45) is 0 Å². The van der Waals surface area contributed by atoms with E-state index in [1.165, 1.54) is 11.3 Å². The van der Waals surface area contributed by atoms with Crippen LogP contribution in [-0.4, -0.2) is 31.5 Å². The van der Waals surface area contributed by atoms with Crippen LogP contribution in [0.4, 0.5) is 17.1 Å². The lowest BCUT2D eigenvalue weighted by Crippen LogP contribution is -2.35. The lowest BCUT2D eigenvalue weighted by atomic mass is 10.2. The molecule has 0 aliphatic carbocycles. The Balaban J connectivity index is 1.24. The summed E-state index contributed by atoms with van der Waals surface area (Å²) in [5.74, 6) is -0.0304. The summed E-state index contributed by atoms with van der Waals surface area (Å²) >= 11 is 0. The van der Waals surface area contributed by atoms with E-state index in [-0.39, 0.29) is 25.0 Å². The van der Waals surface area contributed by atoms with Crippen molar-refractivity contribution < 1.29 is 14.3 Å². The van der Waals surface area contributed by atoms with Crippen molar-refractivity contribution in [1.82, 2.24) is 5.32 Å². The first-order chi connectivity index (χ1) is 14.7. The second kappa shape index (κ2) is 9.13. The van der Waals surface area contributed by atoms with Gasteiger partial charge in [0.15, 0.2) is 6.61 Å². The van der Waals surface area contributed by atoms with Crippen LogP contribution < -0.4 is 20.3 Å². The molecule has 3 aromatic carbocycles. The van der Waals surface area contributed by atoms with Gasteiger partial charge in [-0.05, 0) is 54.4 Å². The van der Waals surface area contributed by atoms with Gasteiger partial charge in [-0.25, -0.2) is 0 Å². The van der Waals surface area contributed by atoms with Crippen LogP contribution in [0.25, 0.3) is 0 Å². The van der Waals surface area contributed by atoms with Gasteiger partial charge in [-0.15, -0.1) is 0 Å². The molecule has 0 radical (unpaired) electrons. The summed E-state index contributed by atoms with van der Waals surface area (Å²) in [5, 5.41) is 5.35. The first-order valence-electron chi connectivity index (χ1n) is 9.89. The third-order valence-corrected chi connectivity index (χ3v) is 4.91.